The highest BCUT2D eigenvalue weighted by atomic mass is 16.5. The van der Waals surface area contributed by atoms with Gasteiger partial charge in [-0.2, -0.15) is 0 Å². The molecule has 0 aromatic carbocycles. The molecule has 2 amide bonds. The van der Waals surface area contributed by atoms with Gasteiger partial charge in [0.25, 0.3) is 0 Å². The van der Waals surface area contributed by atoms with Crippen molar-refractivity contribution >= 4 is 12.0 Å². The van der Waals surface area contributed by atoms with Crippen LogP contribution in [0.5, 0.6) is 0 Å². The van der Waals surface area contributed by atoms with Gasteiger partial charge in [-0.3, -0.25) is 4.79 Å². The Morgan fingerprint density at radius 1 is 1.43 bits per heavy atom. The monoisotopic (exact) mass is 299 g/mol. The molecule has 7 nitrogen and oxygen atoms in total. The number of carboxylic acid groups (broad SMARTS) is 1. The Kier molecular flexibility index (Phi) is 5.41. The largest absolute Gasteiger partial charge is 0.481 e. The zero-order chi connectivity index (χ0) is 15.4. The number of carbonyl (C=O) groups is 2. The molecular formula is C14H25N3O4. The van der Waals surface area contributed by atoms with Gasteiger partial charge in [0, 0.05) is 19.1 Å². The van der Waals surface area contributed by atoms with Crippen molar-refractivity contribution in [1.82, 2.24) is 15.1 Å². The quantitative estimate of drug-likeness (QED) is 0.758. The van der Waals surface area contributed by atoms with Crippen molar-refractivity contribution in [3.05, 3.63) is 0 Å². The van der Waals surface area contributed by atoms with Crippen molar-refractivity contribution < 1.29 is 19.4 Å². The SMILES string of the molecule is CCN(C(=O)NCC1CCCN1C)C1COCC1C(=O)O. The van der Waals surface area contributed by atoms with E-state index in [1.165, 1.54) is 0 Å². The first kappa shape index (κ1) is 16.0. The number of nitrogens with one attached hydrogen (secondary N) is 1. The zero-order valence-corrected chi connectivity index (χ0v) is 12.7. The first-order valence-corrected chi connectivity index (χ1v) is 7.59. The van der Waals surface area contributed by atoms with Crippen LogP contribution in [-0.4, -0.2) is 78.9 Å². The van der Waals surface area contributed by atoms with Gasteiger partial charge in [0.05, 0.1) is 19.3 Å². The van der Waals surface area contributed by atoms with Crippen molar-refractivity contribution in [3.63, 3.8) is 0 Å². The van der Waals surface area contributed by atoms with Crippen LogP contribution in [0.2, 0.25) is 0 Å². The van der Waals surface area contributed by atoms with Crippen molar-refractivity contribution in [2.24, 2.45) is 5.92 Å². The van der Waals surface area contributed by atoms with Crippen LogP contribution in [0, 0.1) is 5.92 Å². The summed E-state index contributed by atoms with van der Waals surface area (Å²) in [6, 6.07) is -0.198. The molecule has 120 valence electrons. The van der Waals surface area contributed by atoms with E-state index in [4.69, 9.17) is 4.74 Å². The van der Waals surface area contributed by atoms with E-state index in [0.29, 0.717) is 25.7 Å². The highest BCUT2D eigenvalue weighted by Gasteiger charge is 2.39. The lowest BCUT2D eigenvalue weighted by atomic mass is 10.0. The first-order valence-electron chi connectivity index (χ1n) is 7.59. The number of likely N-dealkylation sites (N-methyl/N-ethyl adjacent to an activating group) is 2. The molecule has 2 aliphatic heterocycles. The average Bonchev–Trinajstić information content (AvgIpc) is 3.06. The van der Waals surface area contributed by atoms with E-state index >= 15 is 0 Å². The molecular weight excluding hydrogens is 274 g/mol. The number of hydrogen-bond acceptors (Lipinski definition) is 4. The van der Waals surface area contributed by atoms with Crippen LogP contribution < -0.4 is 5.32 Å². The summed E-state index contributed by atoms with van der Waals surface area (Å²) in [5, 5.41) is 12.1. The number of aliphatic carboxylic acids is 1. The Bertz CT molecular complexity index is 390. The number of hydrogen-bond donors (Lipinski definition) is 2. The number of ether oxygens (including phenoxy) is 1. The summed E-state index contributed by atoms with van der Waals surface area (Å²) in [5.41, 5.74) is 0. The molecule has 7 heteroatoms. The summed E-state index contributed by atoms with van der Waals surface area (Å²) in [4.78, 5) is 27.4. The normalized spacial score (nSPS) is 29.5. The number of likely N-dealkylation sites (tertiary alicyclic amines) is 1. The Morgan fingerprint density at radius 2 is 2.19 bits per heavy atom. The summed E-state index contributed by atoms with van der Waals surface area (Å²) >= 11 is 0. The summed E-state index contributed by atoms with van der Waals surface area (Å²) in [7, 11) is 2.06. The van der Waals surface area contributed by atoms with Crippen LogP contribution in [0.4, 0.5) is 4.79 Å². The van der Waals surface area contributed by atoms with Gasteiger partial charge in [-0.05, 0) is 33.4 Å². The molecule has 2 N–H and O–H groups in total. The van der Waals surface area contributed by atoms with Crippen LogP contribution in [0.3, 0.4) is 0 Å². The molecule has 3 unspecified atom stereocenters. The Labute approximate surface area is 125 Å². The van der Waals surface area contributed by atoms with Crippen LogP contribution in [0.1, 0.15) is 19.8 Å². The predicted molar refractivity (Wildman–Crippen MR) is 77.2 cm³/mol. The number of urea groups is 1. The fourth-order valence-electron chi connectivity index (χ4n) is 3.16. The lowest BCUT2D eigenvalue weighted by Gasteiger charge is -2.30. The van der Waals surface area contributed by atoms with Crippen molar-refractivity contribution in [2.75, 3.05) is 39.9 Å². The fraction of sp³-hybridized carbons (Fsp3) is 0.857. The lowest BCUT2D eigenvalue weighted by molar-refractivity contribution is -0.142. The van der Waals surface area contributed by atoms with Gasteiger partial charge in [0.1, 0.15) is 5.92 Å². The van der Waals surface area contributed by atoms with Gasteiger partial charge >= 0.3 is 12.0 Å². The third-order valence-corrected chi connectivity index (χ3v) is 4.53. The second kappa shape index (κ2) is 7.09. The fourth-order valence-corrected chi connectivity index (χ4v) is 3.16. The highest BCUT2D eigenvalue weighted by molar-refractivity contribution is 5.77. The van der Waals surface area contributed by atoms with Crippen LogP contribution >= 0.6 is 0 Å². The Balaban J connectivity index is 1.90. The molecule has 0 saturated carbocycles. The standard InChI is InChI=1S/C14H25N3O4/c1-3-17(12-9-21-8-11(12)13(18)19)14(20)15-7-10-5-4-6-16(10)2/h10-12H,3-9H2,1-2H3,(H,15,20)(H,18,19). The van der Waals surface area contributed by atoms with Crippen LogP contribution in [0.25, 0.3) is 0 Å². The topological polar surface area (TPSA) is 82.1 Å². The average molecular weight is 299 g/mol. The number of carbonyl (C=O) groups excluding carboxylic acids is 1. The molecule has 0 radical (unpaired) electrons. The smallest absolute Gasteiger partial charge is 0.317 e. The molecule has 2 saturated heterocycles. The molecule has 0 spiro atoms. The summed E-state index contributed by atoms with van der Waals surface area (Å²) in [6.45, 7) is 4.48. The molecule has 0 aliphatic carbocycles. The number of carboxylic acids is 1. The second-order valence-corrected chi connectivity index (χ2v) is 5.80. The Hall–Kier alpha value is -1.34. The van der Waals surface area contributed by atoms with Crippen LogP contribution in [0.15, 0.2) is 0 Å². The van der Waals surface area contributed by atoms with E-state index in [0.717, 1.165) is 19.4 Å². The molecule has 2 fully saturated rings. The maximum atomic E-state index is 12.3. The van der Waals surface area contributed by atoms with Crippen molar-refractivity contribution in [1.29, 1.82) is 0 Å². The third kappa shape index (κ3) is 3.65. The summed E-state index contributed by atoms with van der Waals surface area (Å²) in [6.07, 6.45) is 2.25. The minimum absolute atomic E-state index is 0.176. The number of rotatable bonds is 5. The van der Waals surface area contributed by atoms with Gasteiger partial charge in [0.15, 0.2) is 0 Å². The maximum absolute atomic E-state index is 12.3. The number of amides is 2. The van der Waals surface area contributed by atoms with Gasteiger partial charge in [-0.25, -0.2) is 4.79 Å². The van der Waals surface area contributed by atoms with E-state index in [2.05, 4.69) is 17.3 Å². The zero-order valence-electron chi connectivity index (χ0n) is 12.7. The first-order chi connectivity index (χ1) is 10.0. The van der Waals surface area contributed by atoms with E-state index < -0.39 is 11.9 Å². The summed E-state index contributed by atoms with van der Waals surface area (Å²) < 4.78 is 5.25. The van der Waals surface area contributed by atoms with E-state index in [-0.39, 0.29) is 18.7 Å². The van der Waals surface area contributed by atoms with Gasteiger partial charge in [-0.15, -0.1) is 0 Å². The second-order valence-electron chi connectivity index (χ2n) is 5.80. The highest BCUT2D eigenvalue weighted by Crippen LogP contribution is 2.20. The molecule has 0 bridgehead atoms. The van der Waals surface area contributed by atoms with Crippen molar-refractivity contribution in [2.45, 2.75) is 31.8 Å². The minimum atomic E-state index is -0.903. The van der Waals surface area contributed by atoms with Gasteiger partial charge in [-0.1, -0.05) is 0 Å². The molecule has 3 atom stereocenters. The molecule has 2 aliphatic rings. The molecule has 0 aromatic heterocycles. The molecule has 2 rings (SSSR count). The van der Waals surface area contributed by atoms with Crippen molar-refractivity contribution in [3.8, 4) is 0 Å². The van der Waals surface area contributed by atoms with Gasteiger partial charge < -0.3 is 25.0 Å². The van der Waals surface area contributed by atoms with E-state index in [1.807, 2.05) is 6.92 Å². The molecule has 21 heavy (non-hydrogen) atoms. The van der Waals surface area contributed by atoms with E-state index in [1.54, 1.807) is 4.90 Å². The third-order valence-electron chi connectivity index (χ3n) is 4.53. The van der Waals surface area contributed by atoms with E-state index in [9.17, 15) is 14.7 Å². The van der Waals surface area contributed by atoms with Gasteiger partial charge in [0.2, 0.25) is 0 Å². The summed E-state index contributed by atoms with van der Waals surface area (Å²) in [5.74, 6) is -1.54. The predicted octanol–water partition coefficient (Wildman–Crippen LogP) is 0.212. The van der Waals surface area contributed by atoms with Crippen LogP contribution in [-0.2, 0) is 9.53 Å². The lowest BCUT2D eigenvalue weighted by Crippen LogP contribution is -2.52. The minimum Gasteiger partial charge on any atom is -0.481 e. The molecule has 2 heterocycles. The molecule has 0 aromatic rings. The maximum Gasteiger partial charge on any atom is 0.317 e. The Morgan fingerprint density at radius 3 is 2.76 bits per heavy atom. The number of nitrogens with zero attached hydrogens (tertiary/aromatic N) is 2.